The van der Waals surface area contributed by atoms with Gasteiger partial charge in [0, 0.05) is 31.4 Å². The van der Waals surface area contributed by atoms with Gasteiger partial charge >= 0.3 is 0 Å². The Kier molecular flexibility index (Phi) is 7.69. The fourth-order valence-corrected chi connectivity index (χ4v) is 3.14. The highest BCUT2D eigenvalue weighted by atomic mass is 32.1. The number of hydrogen-bond donors (Lipinski definition) is 4. The van der Waals surface area contributed by atoms with Gasteiger partial charge in [-0.3, -0.25) is 19.4 Å². The molecule has 0 aliphatic heterocycles. The Labute approximate surface area is 165 Å². The van der Waals surface area contributed by atoms with Crippen LogP contribution in [-0.2, 0) is 11.3 Å². The van der Waals surface area contributed by atoms with E-state index >= 15 is 0 Å². The Balaban J connectivity index is 2.08. The molecule has 0 aliphatic rings. The predicted molar refractivity (Wildman–Crippen MR) is 109 cm³/mol. The van der Waals surface area contributed by atoms with Crippen LogP contribution in [0.1, 0.15) is 22.6 Å². The molecule has 10 nitrogen and oxygen atoms in total. The summed E-state index contributed by atoms with van der Waals surface area (Å²) in [7, 11) is 1.63. The smallest absolute Gasteiger partial charge is 0.274 e. The van der Waals surface area contributed by atoms with Crippen molar-refractivity contribution >= 4 is 34.7 Å². The molecule has 0 fully saturated rings. The third-order valence-electron chi connectivity index (χ3n) is 3.84. The van der Waals surface area contributed by atoms with Gasteiger partial charge in [0.2, 0.25) is 11.7 Å². The molecule has 0 saturated heterocycles. The number of hydrogen-bond acceptors (Lipinski definition) is 7. The van der Waals surface area contributed by atoms with Crippen molar-refractivity contribution in [3.8, 4) is 0 Å². The van der Waals surface area contributed by atoms with E-state index in [4.69, 9.17) is 11.5 Å². The predicted octanol–water partition coefficient (Wildman–Crippen LogP) is -0.232. The second-order valence-corrected chi connectivity index (χ2v) is 6.77. The highest BCUT2D eigenvalue weighted by molar-refractivity contribution is 7.11. The minimum absolute atomic E-state index is 0.0318. The fraction of sp³-hybridized carbons (Fsp3) is 0.353. The number of nitrogens with two attached hydrogens (primary N) is 2. The number of amides is 1. The van der Waals surface area contributed by atoms with Crippen LogP contribution in [0.4, 0.5) is 5.69 Å². The summed E-state index contributed by atoms with van der Waals surface area (Å²) in [5.41, 5.74) is 10.6. The van der Waals surface area contributed by atoms with E-state index in [1.165, 1.54) is 28.3 Å². The van der Waals surface area contributed by atoms with Crippen molar-refractivity contribution in [2.75, 3.05) is 18.9 Å². The molecule has 1 amide bonds. The largest absolute Gasteiger partial charge is 0.384 e. The van der Waals surface area contributed by atoms with Crippen LogP contribution in [0, 0.1) is 0 Å². The topological polar surface area (TPSA) is 157 Å². The first kappa shape index (κ1) is 21.1. The molecule has 6 N–H and O–H groups in total. The molecule has 0 aromatic carbocycles. The highest BCUT2D eigenvalue weighted by Gasteiger charge is 2.24. The van der Waals surface area contributed by atoms with Crippen LogP contribution in [0.3, 0.4) is 0 Å². The van der Waals surface area contributed by atoms with E-state index in [0.717, 1.165) is 0 Å². The Morgan fingerprint density at radius 1 is 1.39 bits per heavy atom. The first-order valence-electron chi connectivity index (χ1n) is 8.58. The number of thiazole rings is 1. The van der Waals surface area contributed by atoms with E-state index < -0.39 is 11.9 Å². The summed E-state index contributed by atoms with van der Waals surface area (Å²) in [6.07, 6.45) is 3.87. The fourth-order valence-electron chi connectivity index (χ4n) is 2.51. The van der Waals surface area contributed by atoms with Crippen molar-refractivity contribution in [3.05, 3.63) is 45.3 Å². The molecule has 0 saturated carbocycles. The van der Waals surface area contributed by atoms with Gasteiger partial charge in [-0.2, -0.15) is 0 Å². The van der Waals surface area contributed by atoms with Crippen molar-refractivity contribution in [2.45, 2.75) is 25.4 Å². The van der Waals surface area contributed by atoms with Crippen molar-refractivity contribution in [3.63, 3.8) is 0 Å². The van der Waals surface area contributed by atoms with Crippen LogP contribution in [0.25, 0.3) is 0 Å². The van der Waals surface area contributed by atoms with Gasteiger partial charge in [0.1, 0.15) is 12.2 Å². The molecular weight excluding hydrogens is 382 g/mol. The Morgan fingerprint density at radius 3 is 2.82 bits per heavy atom. The lowest BCUT2D eigenvalue weighted by atomic mass is 10.1. The van der Waals surface area contributed by atoms with Gasteiger partial charge in [-0.15, -0.1) is 11.3 Å². The average molecular weight is 405 g/mol. The van der Waals surface area contributed by atoms with E-state index in [9.17, 15) is 14.4 Å². The molecule has 2 aromatic rings. The number of aliphatic imine (C=N–C) groups is 1. The number of anilines is 1. The normalized spacial score (nSPS) is 11.5. The molecular formula is C17H23N7O3S. The number of Topliss-reactive ketones (excluding diaryl/α,β-unsaturated/α-hetero) is 1. The summed E-state index contributed by atoms with van der Waals surface area (Å²) in [6, 6.07) is 2.50. The number of guanidine groups is 1. The minimum atomic E-state index is -0.781. The summed E-state index contributed by atoms with van der Waals surface area (Å²) < 4.78 is 1.27. The molecule has 28 heavy (non-hydrogen) atoms. The van der Waals surface area contributed by atoms with Crippen molar-refractivity contribution in [2.24, 2.45) is 16.5 Å². The lowest BCUT2D eigenvalue weighted by Gasteiger charge is -2.17. The molecule has 2 heterocycles. The maximum atomic E-state index is 12.7. The van der Waals surface area contributed by atoms with E-state index in [1.54, 1.807) is 24.6 Å². The summed E-state index contributed by atoms with van der Waals surface area (Å²) in [5, 5.41) is 7.46. The second kappa shape index (κ2) is 10.2. The summed E-state index contributed by atoms with van der Waals surface area (Å²) in [4.78, 5) is 45.2. The zero-order chi connectivity index (χ0) is 20.5. The summed E-state index contributed by atoms with van der Waals surface area (Å²) in [6.45, 7) is 0.132. The quantitative estimate of drug-likeness (QED) is 0.184. The number of nitrogens with zero attached hydrogens (tertiary/aromatic N) is 3. The molecule has 0 spiro atoms. The summed E-state index contributed by atoms with van der Waals surface area (Å²) in [5.74, 6) is -0.771. The number of pyridine rings is 1. The van der Waals surface area contributed by atoms with E-state index in [2.05, 4.69) is 20.6 Å². The zero-order valence-electron chi connectivity index (χ0n) is 15.4. The van der Waals surface area contributed by atoms with E-state index in [1.807, 2.05) is 0 Å². The number of carbonyl (C=O) groups excluding carboxylic acids is 2. The first-order valence-corrected chi connectivity index (χ1v) is 9.46. The third-order valence-corrected chi connectivity index (χ3v) is 4.63. The maximum absolute atomic E-state index is 12.7. The molecule has 0 unspecified atom stereocenters. The maximum Gasteiger partial charge on any atom is 0.274 e. The molecule has 150 valence electrons. The van der Waals surface area contributed by atoms with Crippen LogP contribution < -0.4 is 27.7 Å². The molecule has 0 bridgehead atoms. The zero-order valence-corrected chi connectivity index (χ0v) is 16.2. The van der Waals surface area contributed by atoms with Crippen molar-refractivity contribution in [1.29, 1.82) is 0 Å². The average Bonchev–Trinajstić information content (AvgIpc) is 3.20. The first-order chi connectivity index (χ1) is 13.4. The standard InChI is InChI=1S/C17H23N7O3S/c1-20-12-5-3-8-24(16(12)27)10-13(25)23-11(4-2-6-22-17(18)19)14(26)15-21-7-9-28-15/h3,5,7-9,11,20H,2,4,6,10H2,1H3,(H,23,25)(H4,18,19,22)/t11-/m0/s1. The van der Waals surface area contributed by atoms with Gasteiger partial charge in [-0.25, -0.2) is 4.98 Å². The number of ketones is 1. The Hall–Kier alpha value is -3.21. The monoisotopic (exact) mass is 405 g/mol. The van der Waals surface area contributed by atoms with Gasteiger partial charge < -0.3 is 26.7 Å². The van der Waals surface area contributed by atoms with Crippen molar-refractivity contribution in [1.82, 2.24) is 14.9 Å². The van der Waals surface area contributed by atoms with Gasteiger partial charge in [0.15, 0.2) is 11.0 Å². The lowest BCUT2D eigenvalue weighted by Crippen LogP contribution is -2.43. The van der Waals surface area contributed by atoms with Gasteiger partial charge in [-0.05, 0) is 25.0 Å². The molecule has 11 heteroatoms. The Bertz CT molecular complexity index is 888. The molecule has 0 aliphatic carbocycles. The van der Waals surface area contributed by atoms with Gasteiger partial charge in [-0.1, -0.05) is 0 Å². The Morgan fingerprint density at radius 2 is 2.18 bits per heavy atom. The lowest BCUT2D eigenvalue weighted by molar-refractivity contribution is -0.122. The number of aromatic nitrogens is 2. The van der Waals surface area contributed by atoms with Crippen LogP contribution in [0.2, 0.25) is 0 Å². The molecule has 0 radical (unpaired) electrons. The van der Waals surface area contributed by atoms with Crippen LogP contribution in [-0.4, -0.2) is 46.8 Å². The SMILES string of the molecule is CNc1cccn(CC(=O)N[C@@H](CCCN=C(N)N)C(=O)c2nccs2)c1=O. The number of carbonyl (C=O) groups is 2. The van der Waals surface area contributed by atoms with E-state index in [-0.39, 0.29) is 23.8 Å². The minimum Gasteiger partial charge on any atom is -0.384 e. The van der Waals surface area contributed by atoms with Gasteiger partial charge in [0.05, 0.1) is 6.04 Å². The molecule has 2 rings (SSSR count). The molecule has 1 atom stereocenters. The van der Waals surface area contributed by atoms with Crippen LogP contribution >= 0.6 is 11.3 Å². The van der Waals surface area contributed by atoms with Gasteiger partial charge in [0.25, 0.3) is 5.56 Å². The second-order valence-electron chi connectivity index (χ2n) is 5.88. The van der Waals surface area contributed by atoms with Crippen molar-refractivity contribution < 1.29 is 9.59 Å². The van der Waals surface area contributed by atoms with Crippen LogP contribution in [0.5, 0.6) is 0 Å². The third kappa shape index (κ3) is 5.91. The van der Waals surface area contributed by atoms with E-state index in [0.29, 0.717) is 30.1 Å². The van der Waals surface area contributed by atoms with Crippen LogP contribution in [0.15, 0.2) is 39.7 Å². The number of nitrogens with one attached hydrogen (secondary N) is 2. The highest BCUT2D eigenvalue weighted by Crippen LogP contribution is 2.11. The summed E-state index contributed by atoms with van der Waals surface area (Å²) >= 11 is 1.20. The number of rotatable bonds is 10. The molecule has 2 aromatic heterocycles.